The average Bonchev–Trinajstić information content (AvgIpc) is 3.45. The molecule has 2 amide bonds. The van der Waals surface area contributed by atoms with Crippen LogP contribution in [-0.2, 0) is 23.7 Å². The normalized spacial score (nSPS) is 11.0. The summed E-state index contributed by atoms with van der Waals surface area (Å²) in [6.45, 7) is 3.33. The smallest absolute Gasteiger partial charge is 0.411 e. The Kier molecular flexibility index (Phi) is 12.8. The molecule has 11 nitrogen and oxygen atoms in total. The number of methoxy groups -OCH3 is 1. The van der Waals surface area contributed by atoms with Crippen LogP contribution in [0, 0.1) is 0 Å². The Morgan fingerprint density at radius 2 is 1.51 bits per heavy atom. The lowest BCUT2D eigenvalue weighted by molar-refractivity contribution is -0.00176. The van der Waals surface area contributed by atoms with Gasteiger partial charge in [0.1, 0.15) is 6.61 Å². The zero-order valence-electron chi connectivity index (χ0n) is 24.2. The predicted molar refractivity (Wildman–Crippen MR) is 165 cm³/mol. The Balaban J connectivity index is 1.21. The number of nitrogens with zero attached hydrogens (tertiary/aromatic N) is 1. The molecule has 1 heterocycles. The second kappa shape index (κ2) is 17.2. The van der Waals surface area contributed by atoms with E-state index in [1.807, 2.05) is 54.6 Å². The van der Waals surface area contributed by atoms with Crippen molar-refractivity contribution in [3.63, 3.8) is 0 Å². The number of amides is 2. The van der Waals surface area contributed by atoms with E-state index in [0.717, 1.165) is 32.0 Å². The number of aromatic amines is 1. The maximum atomic E-state index is 12.2. The summed E-state index contributed by atoms with van der Waals surface area (Å²) in [5, 5.41) is 14.0. The fraction of sp³-hybridized carbons (Fsp3) is 0.323. The minimum atomic E-state index is -0.561. The van der Waals surface area contributed by atoms with E-state index in [4.69, 9.17) is 23.7 Å². The van der Waals surface area contributed by atoms with Crippen LogP contribution in [0.5, 0.6) is 0 Å². The second-order valence-corrected chi connectivity index (χ2v) is 10.2. The quantitative estimate of drug-likeness (QED) is 0.142. The van der Waals surface area contributed by atoms with Gasteiger partial charge in [0, 0.05) is 40.6 Å². The number of hydrogen-bond donors (Lipinski definition) is 3. The summed E-state index contributed by atoms with van der Waals surface area (Å²) in [7, 11) is 3.25. The summed E-state index contributed by atoms with van der Waals surface area (Å²) in [5.74, 6) is -0.123. The molecule has 3 aromatic carbocycles. The lowest BCUT2D eigenvalue weighted by Crippen LogP contribution is -2.18. The van der Waals surface area contributed by atoms with Crippen molar-refractivity contribution >= 4 is 40.4 Å². The highest BCUT2D eigenvalue weighted by molar-refractivity contribution is 7.99. The summed E-state index contributed by atoms with van der Waals surface area (Å²) in [5.41, 5.74) is 3.80. The summed E-state index contributed by atoms with van der Waals surface area (Å²) in [4.78, 5) is 26.2. The molecule has 0 fully saturated rings. The zero-order valence-corrected chi connectivity index (χ0v) is 25.0. The lowest BCUT2D eigenvalue weighted by Gasteiger charge is -2.09. The number of carbonyl (C=O) groups is 2. The van der Waals surface area contributed by atoms with E-state index in [0.29, 0.717) is 50.9 Å². The molecule has 0 spiro atoms. The van der Waals surface area contributed by atoms with Crippen molar-refractivity contribution < 1.29 is 33.3 Å². The van der Waals surface area contributed by atoms with Crippen molar-refractivity contribution in [2.45, 2.75) is 9.79 Å². The van der Waals surface area contributed by atoms with Gasteiger partial charge in [0.05, 0.1) is 63.0 Å². The van der Waals surface area contributed by atoms with Crippen LogP contribution in [-0.4, -0.2) is 89.2 Å². The largest absolute Gasteiger partial charge is 0.447 e. The zero-order chi connectivity index (χ0) is 30.3. The molecule has 0 saturated carbocycles. The van der Waals surface area contributed by atoms with E-state index in [1.54, 1.807) is 26.3 Å². The standard InChI is InChI=1S/C31H36N4O7S/c1-32-30(36)26-5-3-4-6-28(26)43-24-11-12-25-27(21-24)34-35-29(25)22-7-9-23(10-8-22)33-31(37)42-20-19-41-18-17-40-16-15-39-14-13-38-2/h3-12,21H,13-20H2,1-2H3,(H,32,36)(H,33,37)(H,34,35). The molecule has 0 saturated heterocycles. The van der Waals surface area contributed by atoms with E-state index in [1.165, 1.54) is 11.8 Å². The van der Waals surface area contributed by atoms with Crippen molar-refractivity contribution in [1.82, 2.24) is 15.5 Å². The number of hydrogen-bond acceptors (Lipinski definition) is 9. The van der Waals surface area contributed by atoms with Crippen molar-refractivity contribution in [2.24, 2.45) is 0 Å². The SMILES string of the molecule is CNC(=O)c1ccccc1Sc1ccc2c(-c3ccc(NC(=O)OCCOCCOCCOCCOC)cc3)n[nH]c2c1. The lowest BCUT2D eigenvalue weighted by atomic mass is 10.1. The Morgan fingerprint density at radius 3 is 2.21 bits per heavy atom. The maximum Gasteiger partial charge on any atom is 0.411 e. The van der Waals surface area contributed by atoms with Crippen LogP contribution in [0.15, 0.2) is 76.5 Å². The molecule has 4 rings (SSSR count). The molecule has 43 heavy (non-hydrogen) atoms. The fourth-order valence-electron chi connectivity index (χ4n) is 4.03. The van der Waals surface area contributed by atoms with Gasteiger partial charge in [-0.1, -0.05) is 36.0 Å². The first-order valence-corrected chi connectivity index (χ1v) is 14.6. The van der Waals surface area contributed by atoms with Crippen molar-refractivity contribution in [1.29, 1.82) is 0 Å². The minimum Gasteiger partial charge on any atom is -0.447 e. The Labute approximate surface area is 254 Å². The number of fused-ring (bicyclic) bond motifs is 1. The van der Waals surface area contributed by atoms with Gasteiger partial charge < -0.3 is 29.0 Å². The molecule has 1 aromatic heterocycles. The van der Waals surface area contributed by atoms with Crippen molar-refractivity contribution in [2.75, 3.05) is 72.3 Å². The van der Waals surface area contributed by atoms with Gasteiger partial charge in [-0.15, -0.1) is 0 Å². The third-order valence-electron chi connectivity index (χ3n) is 6.16. The molecule has 12 heteroatoms. The van der Waals surface area contributed by atoms with E-state index < -0.39 is 6.09 Å². The minimum absolute atomic E-state index is 0.123. The summed E-state index contributed by atoms with van der Waals surface area (Å²) in [6.07, 6.45) is -0.561. The first-order valence-electron chi connectivity index (χ1n) is 13.8. The van der Waals surface area contributed by atoms with Gasteiger partial charge in [-0.25, -0.2) is 4.79 Å². The summed E-state index contributed by atoms with van der Waals surface area (Å²) >= 11 is 1.52. The van der Waals surface area contributed by atoms with Crippen LogP contribution in [0.25, 0.3) is 22.2 Å². The van der Waals surface area contributed by atoms with Gasteiger partial charge >= 0.3 is 6.09 Å². The van der Waals surface area contributed by atoms with E-state index in [2.05, 4.69) is 20.8 Å². The molecule has 0 aliphatic carbocycles. The highest BCUT2D eigenvalue weighted by atomic mass is 32.2. The second-order valence-electron chi connectivity index (χ2n) is 9.13. The average molecular weight is 609 g/mol. The van der Waals surface area contributed by atoms with Crippen LogP contribution in [0.2, 0.25) is 0 Å². The van der Waals surface area contributed by atoms with Crippen molar-refractivity contribution in [3.8, 4) is 11.3 Å². The molecule has 0 aliphatic rings. The van der Waals surface area contributed by atoms with Crippen LogP contribution < -0.4 is 10.6 Å². The Morgan fingerprint density at radius 1 is 0.837 bits per heavy atom. The topological polar surface area (TPSA) is 133 Å². The highest BCUT2D eigenvalue weighted by Gasteiger charge is 2.13. The molecule has 0 unspecified atom stereocenters. The van der Waals surface area contributed by atoms with Gasteiger partial charge in [0.25, 0.3) is 5.91 Å². The predicted octanol–water partition coefficient (Wildman–Crippen LogP) is 4.99. The maximum absolute atomic E-state index is 12.2. The van der Waals surface area contributed by atoms with Crippen molar-refractivity contribution in [3.05, 3.63) is 72.3 Å². The van der Waals surface area contributed by atoms with E-state index >= 15 is 0 Å². The number of nitrogens with one attached hydrogen (secondary N) is 3. The van der Waals surface area contributed by atoms with Gasteiger partial charge in [0.2, 0.25) is 0 Å². The summed E-state index contributed by atoms with van der Waals surface area (Å²) in [6, 6.07) is 20.9. The first-order chi connectivity index (χ1) is 21.1. The molecule has 0 bridgehead atoms. The number of benzene rings is 3. The first kappa shape index (κ1) is 32.0. The monoisotopic (exact) mass is 608 g/mol. The molecule has 228 valence electrons. The summed E-state index contributed by atoms with van der Waals surface area (Å²) < 4.78 is 26.2. The number of carbonyl (C=O) groups excluding carboxylic acids is 2. The molecular formula is C31H36N4O7S. The van der Waals surface area contributed by atoms with Crippen LogP contribution in [0.4, 0.5) is 10.5 Å². The molecule has 3 N–H and O–H groups in total. The molecule has 0 atom stereocenters. The molecule has 0 radical (unpaired) electrons. The van der Waals surface area contributed by atoms with E-state index in [9.17, 15) is 9.59 Å². The number of rotatable bonds is 17. The van der Waals surface area contributed by atoms with Gasteiger partial charge in [-0.05, 0) is 42.5 Å². The molecule has 4 aromatic rings. The third-order valence-corrected chi connectivity index (χ3v) is 7.23. The van der Waals surface area contributed by atoms with Gasteiger partial charge in [-0.3, -0.25) is 15.2 Å². The third kappa shape index (κ3) is 9.80. The van der Waals surface area contributed by atoms with Crippen LogP contribution in [0.1, 0.15) is 10.4 Å². The molecular weight excluding hydrogens is 572 g/mol. The fourth-order valence-corrected chi connectivity index (χ4v) is 5.01. The number of ether oxygens (including phenoxy) is 5. The number of anilines is 1. The van der Waals surface area contributed by atoms with Crippen LogP contribution >= 0.6 is 11.8 Å². The molecule has 0 aliphatic heterocycles. The van der Waals surface area contributed by atoms with Gasteiger partial charge in [0.15, 0.2) is 0 Å². The number of aromatic nitrogens is 2. The van der Waals surface area contributed by atoms with Gasteiger partial charge in [-0.2, -0.15) is 5.10 Å². The van der Waals surface area contributed by atoms with E-state index in [-0.39, 0.29) is 19.1 Å². The highest BCUT2D eigenvalue weighted by Crippen LogP contribution is 2.34. The number of H-pyrrole nitrogens is 1. The Hall–Kier alpha value is -3.94. The van der Waals surface area contributed by atoms with Crippen LogP contribution in [0.3, 0.4) is 0 Å². The Bertz CT molecular complexity index is 1460.